The van der Waals surface area contributed by atoms with Crippen LogP contribution in [0.3, 0.4) is 0 Å². The van der Waals surface area contributed by atoms with Crippen LogP contribution in [-0.4, -0.2) is 11.2 Å². The Balaban J connectivity index is 1.62. The van der Waals surface area contributed by atoms with Gasteiger partial charge in [-0.3, -0.25) is 0 Å². The van der Waals surface area contributed by atoms with Gasteiger partial charge in [0.2, 0.25) is 0 Å². The minimum Gasteiger partial charge on any atom is -0.393 e. The largest absolute Gasteiger partial charge is 0.393 e. The highest BCUT2D eigenvalue weighted by molar-refractivity contribution is 5.25. The molecule has 0 amide bonds. The molecular formula is C22H36O. The Bertz CT molecular complexity index is 494. The lowest BCUT2D eigenvalue weighted by Crippen LogP contribution is -2.50. The summed E-state index contributed by atoms with van der Waals surface area (Å²) in [5.74, 6) is 3.79. The highest BCUT2D eigenvalue weighted by atomic mass is 16.3. The van der Waals surface area contributed by atoms with Crippen molar-refractivity contribution >= 4 is 0 Å². The zero-order valence-electron chi connectivity index (χ0n) is 15.5. The molecule has 0 aromatic carbocycles. The molecule has 7 atom stereocenters. The SMILES string of the molecule is CCC[C@H]1CCC2C3CC=C4C[C@@H](O)CC[C@]4(C)C3CC[C@@]21C. The van der Waals surface area contributed by atoms with Gasteiger partial charge in [-0.2, -0.15) is 0 Å². The third-order valence-corrected chi connectivity index (χ3v) is 8.91. The van der Waals surface area contributed by atoms with Gasteiger partial charge in [-0.1, -0.05) is 45.3 Å². The van der Waals surface area contributed by atoms with E-state index in [9.17, 15) is 5.11 Å². The maximum Gasteiger partial charge on any atom is 0.0577 e. The maximum absolute atomic E-state index is 10.1. The molecule has 0 bridgehead atoms. The van der Waals surface area contributed by atoms with Gasteiger partial charge in [0, 0.05) is 0 Å². The molecule has 4 rings (SSSR count). The minimum absolute atomic E-state index is 0.0693. The number of rotatable bonds is 2. The average molecular weight is 317 g/mol. The van der Waals surface area contributed by atoms with Crippen LogP contribution in [0.4, 0.5) is 0 Å². The first-order valence-corrected chi connectivity index (χ1v) is 10.4. The number of hydrogen-bond donors (Lipinski definition) is 1. The maximum atomic E-state index is 10.1. The van der Waals surface area contributed by atoms with E-state index in [0.717, 1.165) is 36.5 Å². The molecule has 4 aliphatic rings. The van der Waals surface area contributed by atoms with Crippen LogP contribution in [0.2, 0.25) is 0 Å². The standard InChI is InChI=1S/C22H36O/c1-4-5-15-7-9-19-18-8-6-16-14-17(23)10-12-22(16,3)20(18)11-13-21(15,19)2/h6,15,17-20,23H,4-5,7-14H2,1-3H3/t15-,17-,18?,19?,20?,21+,22-/m0/s1. The van der Waals surface area contributed by atoms with Gasteiger partial charge in [0.05, 0.1) is 6.10 Å². The molecule has 23 heavy (non-hydrogen) atoms. The van der Waals surface area contributed by atoms with E-state index in [0.29, 0.717) is 10.8 Å². The van der Waals surface area contributed by atoms with Crippen molar-refractivity contribution in [1.29, 1.82) is 0 Å². The zero-order valence-corrected chi connectivity index (χ0v) is 15.5. The summed E-state index contributed by atoms with van der Waals surface area (Å²) in [5.41, 5.74) is 2.66. The van der Waals surface area contributed by atoms with E-state index < -0.39 is 0 Å². The van der Waals surface area contributed by atoms with Crippen molar-refractivity contribution in [2.45, 2.75) is 91.1 Å². The molecule has 0 spiro atoms. The Labute approximate surface area is 142 Å². The van der Waals surface area contributed by atoms with Crippen LogP contribution >= 0.6 is 0 Å². The summed E-state index contributed by atoms with van der Waals surface area (Å²) in [6, 6.07) is 0. The molecule has 0 heterocycles. The molecule has 3 unspecified atom stereocenters. The normalized spacial score (nSPS) is 52.3. The Kier molecular flexibility index (Phi) is 3.95. The lowest BCUT2D eigenvalue weighted by Gasteiger charge is -2.58. The predicted molar refractivity (Wildman–Crippen MR) is 96.1 cm³/mol. The van der Waals surface area contributed by atoms with E-state index in [-0.39, 0.29) is 6.10 Å². The summed E-state index contributed by atoms with van der Waals surface area (Å²) in [5, 5.41) is 10.1. The second kappa shape index (κ2) is 5.61. The first-order chi connectivity index (χ1) is 11.0. The molecule has 4 aliphatic carbocycles. The Morgan fingerprint density at radius 1 is 1.09 bits per heavy atom. The predicted octanol–water partition coefficient (Wildman–Crippen LogP) is 5.73. The molecule has 0 radical (unpaired) electrons. The van der Waals surface area contributed by atoms with Crippen molar-refractivity contribution in [3.8, 4) is 0 Å². The lowest BCUT2D eigenvalue weighted by molar-refractivity contribution is -0.0506. The van der Waals surface area contributed by atoms with E-state index in [2.05, 4.69) is 26.8 Å². The van der Waals surface area contributed by atoms with Gasteiger partial charge in [-0.15, -0.1) is 0 Å². The van der Waals surface area contributed by atoms with Gasteiger partial charge in [-0.05, 0) is 85.9 Å². The van der Waals surface area contributed by atoms with Gasteiger partial charge >= 0.3 is 0 Å². The highest BCUT2D eigenvalue weighted by Gasteiger charge is 2.58. The fourth-order valence-electron chi connectivity index (χ4n) is 7.57. The molecular weight excluding hydrogens is 280 g/mol. The van der Waals surface area contributed by atoms with E-state index in [1.54, 1.807) is 5.57 Å². The third-order valence-electron chi connectivity index (χ3n) is 8.91. The molecule has 0 aromatic rings. The zero-order chi connectivity index (χ0) is 16.2. The Morgan fingerprint density at radius 2 is 1.91 bits per heavy atom. The Hall–Kier alpha value is -0.300. The van der Waals surface area contributed by atoms with Crippen LogP contribution < -0.4 is 0 Å². The van der Waals surface area contributed by atoms with E-state index >= 15 is 0 Å². The lowest BCUT2D eigenvalue weighted by atomic mass is 9.47. The number of hydrogen-bond acceptors (Lipinski definition) is 1. The van der Waals surface area contributed by atoms with Crippen molar-refractivity contribution in [3.63, 3.8) is 0 Å². The quantitative estimate of drug-likeness (QED) is 0.645. The first-order valence-electron chi connectivity index (χ1n) is 10.4. The molecule has 1 heteroatoms. The number of fused-ring (bicyclic) bond motifs is 5. The monoisotopic (exact) mass is 316 g/mol. The molecule has 1 nitrogen and oxygen atoms in total. The van der Waals surface area contributed by atoms with Gasteiger partial charge < -0.3 is 5.11 Å². The van der Waals surface area contributed by atoms with Crippen molar-refractivity contribution < 1.29 is 5.11 Å². The molecule has 3 fully saturated rings. The van der Waals surface area contributed by atoms with Gasteiger partial charge in [0.25, 0.3) is 0 Å². The Morgan fingerprint density at radius 3 is 2.70 bits per heavy atom. The number of allylic oxidation sites excluding steroid dienone is 1. The van der Waals surface area contributed by atoms with Crippen LogP contribution in [-0.2, 0) is 0 Å². The topological polar surface area (TPSA) is 20.2 Å². The van der Waals surface area contributed by atoms with E-state index in [4.69, 9.17) is 0 Å². The van der Waals surface area contributed by atoms with Crippen molar-refractivity contribution in [3.05, 3.63) is 11.6 Å². The van der Waals surface area contributed by atoms with Gasteiger partial charge in [0.1, 0.15) is 0 Å². The minimum atomic E-state index is -0.0693. The number of aliphatic hydroxyl groups is 1. The second-order valence-corrected chi connectivity index (χ2v) is 9.76. The summed E-state index contributed by atoms with van der Waals surface area (Å²) >= 11 is 0. The van der Waals surface area contributed by atoms with Crippen LogP contribution in [0, 0.1) is 34.5 Å². The molecule has 1 N–H and O–H groups in total. The van der Waals surface area contributed by atoms with Crippen LogP contribution in [0.1, 0.15) is 85.0 Å². The summed E-state index contributed by atoms with van der Waals surface area (Å²) < 4.78 is 0. The number of aliphatic hydroxyl groups excluding tert-OH is 1. The van der Waals surface area contributed by atoms with Crippen molar-refractivity contribution in [2.24, 2.45) is 34.5 Å². The summed E-state index contributed by atoms with van der Waals surface area (Å²) in [7, 11) is 0. The van der Waals surface area contributed by atoms with Crippen LogP contribution in [0.5, 0.6) is 0 Å². The van der Waals surface area contributed by atoms with Crippen molar-refractivity contribution in [1.82, 2.24) is 0 Å². The third kappa shape index (κ3) is 2.29. The fraction of sp³-hybridized carbons (Fsp3) is 0.909. The first kappa shape index (κ1) is 16.2. The highest BCUT2D eigenvalue weighted by Crippen LogP contribution is 2.66. The van der Waals surface area contributed by atoms with Crippen molar-refractivity contribution in [2.75, 3.05) is 0 Å². The second-order valence-electron chi connectivity index (χ2n) is 9.76. The van der Waals surface area contributed by atoms with Crippen LogP contribution in [0.15, 0.2) is 11.6 Å². The smallest absolute Gasteiger partial charge is 0.0577 e. The summed E-state index contributed by atoms with van der Waals surface area (Å²) in [4.78, 5) is 0. The van der Waals surface area contributed by atoms with Gasteiger partial charge in [0.15, 0.2) is 0 Å². The average Bonchev–Trinajstić information content (AvgIpc) is 2.85. The summed E-state index contributed by atoms with van der Waals surface area (Å²) in [6.07, 6.45) is 15.7. The van der Waals surface area contributed by atoms with Crippen LogP contribution in [0.25, 0.3) is 0 Å². The molecule has 0 aliphatic heterocycles. The molecule has 0 saturated heterocycles. The van der Waals surface area contributed by atoms with E-state index in [1.807, 2.05) is 0 Å². The summed E-state index contributed by atoms with van der Waals surface area (Å²) in [6.45, 7) is 7.56. The fourth-order valence-corrected chi connectivity index (χ4v) is 7.57. The van der Waals surface area contributed by atoms with E-state index in [1.165, 1.54) is 51.4 Å². The molecule has 0 aromatic heterocycles. The molecule has 3 saturated carbocycles. The van der Waals surface area contributed by atoms with Gasteiger partial charge in [-0.25, -0.2) is 0 Å². The molecule has 130 valence electrons.